The number of rotatable bonds is 3. The Balaban J connectivity index is 1.90. The van der Waals surface area contributed by atoms with Crippen molar-refractivity contribution < 1.29 is 13.9 Å². The Kier molecular flexibility index (Phi) is 3.79. The summed E-state index contributed by atoms with van der Waals surface area (Å²) in [4.78, 5) is 17.3. The molecule has 25 heavy (non-hydrogen) atoms. The van der Waals surface area contributed by atoms with Crippen LogP contribution in [0.4, 0.5) is 0 Å². The molecule has 0 atom stereocenters. The van der Waals surface area contributed by atoms with Crippen molar-refractivity contribution in [2.24, 2.45) is 0 Å². The first-order valence-corrected chi connectivity index (χ1v) is 7.98. The second kappa shape index (κ2) is 6.25. The molecule has 2 heterocycles. The summed E-state index contributed by atoms with van der Waals surface area (Å²) >= 11 is 0. The van der Waals surface area contributed by atoms with E-state index in [9.17, 15) is 4.79 Å². The van der Waals surface area contributed by atoms with E-state index in [0.29, 0.717) is 12.0 Å². The molecule has 5 heteroatoms. The molecule has 1 aliphatic carbocycles. The molecule has 4 rings (SSSR count). The first-order valence-electron chi connectivity index (χ1n) is 7.98. The highest BCUT2D eigenvalue weighted by Gasteiger charge is 2.27. The number of benzene rings is 1. The van der Waals surface area contributed by atoms with Gasteiger partial charge in [-0.3, -0.25) is 0 Å². The van der Waals surface area contributed by atoms with Crippen molar-refractivity contribution in [1.29, 1.82) is 5.26 Å². The minimum atomic E-state index is -0.476. The average Bonchev–Trinajstić information content (AvgIpc) is 3.28. The van der Waals surface area contributed by atoms with Crippen molar-refractivity contribution in [1.82, 2.24) is 4.98 Å². The molecule has 0 bridgehead atoms. The maximum Gasteiger partial charge on any atom is 0.340 e. The lowest BCUT2D eigenvalue weighted by molar-refractivity contribution is 0.0556. The molecule has 2 aromatic heterocycles. The van der Waals surface area contributed by atoms with Crippen molar-refractivity contribution in [2.45, 2.75) is 12.8 Å². The van der Waals surface area contributed by atoms with Gasteiger partial charge in [0.05, 0.1) is 23.0 Å². The number of esters is 1. The number of ether oxygens (including phenoxy) is 1. The smallest absolute Gasteiger partial charge is 0.340 e. The number of nitrogens with zero attached hydrogens (tertiary/aromatic N) is 2. The standard InChI is InChI=1S/C20H14N2O3/c21-9-11-25-20(23)18-15-5-1-2-6-17(15)22-19-13(7-8-16(18)19)12-14-4-3-10-24-14/h1-6,10,12H,7-8,11H2/b13-12+. The molecule has 0 fully saturated rings. The molecule has 1 aliphatic rings. The van der Waals surface area contributed by atoms with Crippen molar-refractivity contribution in [3.05, 3.63) is 65.2 Å². The van der Waals surface area contributed by atoms with Gasteiger partial charge in [-0.05, 0) is 48.3 Å². The number of carbonyl (C=O) groups is 1. The van der Waals surface area contributed by atoms with Crippen LogP contribution in [-0.2, 0) is 11.2 Å². The van der Waals surface area contributed by atoms with Gasteiger partial charge in [0, 0.05) is 5.39 Å². The summed E-state index contributed by atoms with van der Waals surface area (Å²) in [6.45, 7) is -0.265. The van der Waals surface area contributed by atoms with Crippen LogP contribution in [0, 0.1) is 11.3 Å². The van der Waals surface area contributed by atoms with E-state index < -0.39 is 5.97 Å². The van der Waals surface area contributed by atoms with Gasteiger partial charge in [0.1, 0.15) is 11.8 Å². The minimum absolute atomic E-state index is 0.265. The monoisotopic (exact) mass is 330 g/mol. The van der Waals surface area contributed by atoms with Gasteiger partial charge in [0.2, 0.25) is 0 Å². The third kappa shape index (κ3) is 2.68. The van der Waals surface area contributed by atoms with Gasteiger partial charge in [-0.25, -0.2) is 9.78 Å². The first kappa shape index (κ1) is 15.2. The molecule has 5 nitrogen and oxygen atoms in total. The quantitative estimate of drug-likeness (QED) is 0.679. The summed E-state index contributed by atoms with van der Waals surface area (Å²) in [5.41, 5.74) is 3.96. The summed E-state index contributed by atoms with van der Waals surface area (Å²) in [7, 11) is 0. The Hall–Kier alpha value is -3.39. The molecule has 0 spiro atoms. The Bertz CT molecular complexity index is 1030. The van der Waals surface area contributed by atoms with Gasteiger partial charge in [-0.2, -0.15) is 5.26 Å². The zero-order chi connectivity index (χ0) is 17.2. The Morgan fingerprint density at radius 3 is 2.96 bits per heavy atom. The van der Waals surface area contributed by atoms with Crippen LogP contribution in [0.25, 0.3) is 22.6 Å². The van der Waals surface area contributed by atoms with E-state index in [1.165, 1.54) is 0 Å². The number of hydrogen-bond donors (Lipinski definition) is 0. The zero-order valence-corrected chi connectivity index (χ0v) is 13.4. The van der Waals surface area contributed by atoms with Gasteiger partial charge < -0.3 is 9.15 Å². The largest absolute Gasteiger partial charge is 0.465 e. The molecule has 0 N–H and O–H groups in total. The summed E-state index contributed by atoms with van der Waals surface area (Å²) in [5, 5.41) is 9.45. The number of pyridine rings is 1. The Morgan fingerprint density at radius 2 is 2.16 bits per heavy atom. The second-order valence-electron chi connectivity index (χ2n) is 5.75. The fourth-order valence-corrected chi connectivity index (χ4v) is 3.23. The van der Waals surface area contributed by atoms with Gasteiger partial charge in [-0.1, -0.05) is 18.2 Å². The molecular formula is C20H14N2O3. The number of nitriles is 1. The van der Waals surface area contributed by atoms with Crippen LogP contribution in [0.15, 0.2) is 47.1 Å². The number of furan rings is 1. The van der Waals surface area contributed by atoms with Crippen molar-refractivity contribution >= 4 is 28.5 Å². The number of carbonyl (C=O) groups excluding carboxylic acids is 1. The predicted octanol–water partition coefficient (Wildman–Crippen LogP) is 3.99. The van der Waals surface area contributed by atoms with Crippen molar-refractivity contribution in [3.63, 3.8) is 0 Å². The minimum Gasteiger partial charge on any atom is -0.465 e. The van der Waals surface area contributed by atoms with E-state index in [1.54, 1.807) is 6.26 Å². The molecule has 1 aromatic carbocycles. The van der Waals surface area contributed by atoms with Crippen LogP contribution < -0.4 is 0 Å². The van der Waals surface area contributed by atoms with Crippen molar-refractivity contribution in [3.8, 4) is 6.07 Å². The lowest BCUT2D eigenvalue weighted by atomic mass is 10.0. The van der Waals surface area contributed by atoms with E-state index >= 15 is 0 Å². The topological polar surface area (TPSA) is 76.1 Å². The highest BCUT2D eigenvalue weighted by molar-refractivity contribution is 6.07. The molecular weight excluding hydrogens is 316 g/mol. The Morgan fingerprint density at radius 1 is 1.28 bits per heavy atom. The van der Waals surface area contributed by atoms with E-state index in [-0.39, 0.29) is 6.61 Å². The van der Waals surface area contributed by atoms with Crippen LogP contribution in [0.3, 0.4) is 0 Å². The highest BCUT2D eigenvalue weighted by Crippen LogP contribution is 2.37. The third-order valence-corrected chi connectivity index (χ3v) is 4.27. The second-order valence-corrected chi connectivity index (χ2v) is 5.75. The first-order chi connectivity index (χ1) is 12.3. The van der Waals surface area contributed by atoms with Gasteiger partial charge in [-0.15, -0.1) is 0 Å². The number of hydrogen-bond acceptors (Lipinski definition) is 5. The fourth-order valence-electron chi connectivity index (χ4n) is 3.23. The molecule has 0 radical (unpaired) electrons. The molecule has 3 aromatic rings. The maximum absolute atomic E-state index is 12.6. The van der Waals surface area contributed by atoms with Crippen molar-refractivity contribution in [2.75, 3.05) is 6.61 Å². The molecule has 122 valence electrons. The lowest BCUT2D eigenvalue weighted by Crippen LogP contribution is -2.10. The van der Waals surface area contributed by atoms with Crippen LogP contribution in [0.5, 0.6) is 0 Å². The van der Waals surface area contributed by atoms with Crippen LogP contribution in [0.1, 0.15) is 33.8 Å². The van der Waals surface area contributed by atoms with Crippen LogP contribution in [-0.4, -0.2) is 17.6 Å². The van der Waals surface area contributed by atoms with E-state index in [2.05, 4.69) is 0 Å². The lowest BCUT2D eigenvalue weighted by Gasteiger charge is -2.11. The maximum atomic E-state index is 12.6. The molecule has 0 saturated heterocycles. The third-order valence-electron chi connectivity index (χ3n) is 4.27. The zero-order valence-electron chi connectivity index (χ0n) is 13.4. The molecule has 0 aliphatic heterocycles. The summed E-state index contributed by atoms with van der Waals surface area (Å²) in [6.07, 6.45) is 5.06. The fraction of sp³-hybridized carbons (Fsp3) is 0.150. The number of aromatic nitrogens is 1. The number of allylic oxidation sites excluding steroid dienone is 1. The summed E-state index contributed by atoms with van der Waals surface area (Å²) in [5.74, 6) is 0.280. The van der Waals surface area contributed by atoms with Gasteiger partial charge in [0.15, 0.2) is 6.61 Å². The average molecular weight is 330 g/mol. The summed E-state index contributed by atoms with van der Waals surface area (Å²) < 4.78 is 10.5. The molecule has 0 amide bonds. The predicted molar refractivity (Wildman–Crippen MR) is 92.5 cm³/mol. The molecule has 0 saturated carbocycles. The highest BCUT2D eigenvalue weighted by atomic mass is 16.5. The number of para-hydroxylation sites is 1. The summed E-state index contributed by atoms with van der Waals surface area (Å²) in [6, 6.07) is 13.0. The SMILES string of the molecule is N#CCOC(=O)c1c2c(nc3ccccc13)/C(=C/c1ccco1)CC2. The van der Waals surface area contributed by atoms with Crippen LogP contribution in [0.2, 0.25) is 0 Å². The van der Waals surface area contributed by atoms with Gasteiger partial charge in [0.25, 0.3) is 0 Å². The number of fused-ring (bicyclic) bond motifs is 2. The van der Waals surface area contributed by atoms with E-state index in [4.69, 9.17) is 19.4 Å². The van der Waals surface area contributed by atoms with Crippen LogP contribution >= 0.6 is 0 Å². The normalized spacial score (nSPS) is 14.4. The van der Waals surface area contributed by atoms with E-state index in [0.717, 1.165) is 39.9 Å². The Labute approximate surface area is 144 Å². The van der Waals surface area contributed by atoms with Gasteiger partial charge >= 0.3 is 5.97 Å². The molecule has 0 unspecified atom stereocenters. The van der Waals surface area contributed by atoms with E-state index in [1.807, 2.05) is 48.5 Å².